The molecule has 0 aliphatic heterocycles. The maximum atomic E-state index is 12.2. The van der Waals surface area contributed by atoms with Gasteiger partial charge in [-0.2, -0.15) is 0 Å². The Morgan fingerprint density at radius 3 is 2.54 bits per heavy atom. The smallest absolute Gasteiger partial charge is 0.257 e. The molecule has 0 aliphatic rings. The summed E-state index contributed by atoms with van der Waals surface area (Å²) < 4.78 is 0.594. The third-order valence-corrected chi connectivity index (χ3v) is 5.75. The number of carbonyl (C=O) groups excluding carboxylic acids is 2. The minimum Gasteiger partial charge on any atom is -0.325 e. The molecule has 3 rings (SSSR count). The van der Waals surface area contributed by atoms with E-state index in [2.05, 4.69) is 20.8 Å². The minimum absolute atomic E-state index is 0.130. The van der Waals surface area contributed by atoms with Gasteiger partial charge >= 0.3 is 0 Å². The summed E-state index contributed by atoms with van der Waals surface area (Å²) in [6.07, 6.45) is 0. The van der Waals surface area contributed by atoms with Gasteiger partial charge in [0.05, 0.1) is 5.75 Å². The summed E-state index contributed by atoms with van der Waals surface area (Å²) in [5, 5.41) is 14.3. The summed E-state index contributed by atoms with van der Waals surface area (Å²) in [5.41, 5.74) is 3.39. The van der Waals surface area contributed by atoms with Crippen molar-refractivity contribution in [1.29, 1.82) is 0 Å². The summed E-state index contributed by atoms with van der Waals surface area (Å²) in [6.45, 7) is 3.97. The molecule has 0 fully saturated rings. The monoisotopic (exact) mass is 432 g/mol. The highest BCUT2D eigenvalue weighted by Crippen LogP contribution is 2.26. The largest absolute Gasteiger partial charge is 0.325 e. The lowest BCUT2D eigenvalue weighted by Crippen LogP contribution is -2.14. The van der Waals surface area contributed by atoms with E-state index in [1.165, 1.54) is 23.1 Å². The van der Waals surface area contributed by atoms with Gasteiger partial charge in [0.1, 0.15) is 0 Å². The van der Waals surface area contributed by atoms with Crippen molar-refractivity contribution < 1.29 is 9.59 Å². The van der Waals surface area contributed by atoms with Gasteiger partial charge in [-0.1, -0.05) is 46.8 Å². The Kier molecular flexibility index (Phi) is 6.66. The van der Waals surface area contributed by atoms with Crippen molar-refractivity contribution in [3.63, 3.8) is 0 Å². The second-order valence-corrected chi connectivity index (χ2v) is 8.69. The zero-order chi connectivity index (χ0) is 20.1. The number of carbonyl (C=O) groups is 2. The van der Waals surface area contributed by atoms with Gasteiger partial charge in [0.15, 0.2) is 4.34 Å². The Morgan fingerprint density at radius 1 is 1.07 bits per heavy atom. The first-order chi connectivity index (χ1) is 13.4. The van der Waals surface area contributed by atoms with Crippen molar-refractivity contribution >= 4 is 57.3 Å². The lowest BCUT2D eigenvalue weighted by atomic mass is 10.1. The second-order valence-electron chi connectivity index (χ2n) is 6.05. The van der Waals surface area contributed by atoms with Crippen molar-refractivity contribution in [2.75, 3.05) is 16.4 Å². The highest BCUT2D eigenvalue weighted by atomic mass is 35.5. The molecular formula is C19H17ClN4O2S2. The molecule has 0 spiro atoms. The van der Waals surface area contributed by atoms with Crippen molar-refractivity contribution in [1.82, 2.24) is 10.2 Å². The molecule has 144 valence electrons. The maximum Gasteiger partial charge on any atom is 0.257 e. The van der Waals surface area contributed by atoms with Gasteiger partial charge in [0.25, 0.3) is 5.91 Å². The van der Waals surface area contributed by atoms with Crippen molar-refractivity contribution in [2.24, 2.45) is 0 Å². The van der Waals surface area contributed by atoms with E-state index >= 15 is 0 Å². The van der Waals surface area contributed by atoms with Crippen LogP contribution in [0.3, 0.4) is 0 Å². The Bertz CT molecular complexity index is 1000. The highest BCUT2D eigenvalue weighted by molar-refractivity contribution is 8.01. The molecule has 3 aromatic rings. The number of anilines is 2. The Hall–Kier alpha value is -2.42. The lowest BCUT2D eigenvalue weighted by molar-refractivity contribution is -0.113. The number of aryl methyl sites for hydroxylation is 2. The molecule has 0 unspecified atom stereocenters. The fourth-order valence-electron chi connectivity index (χ4n) is 2.49. The molecule has 0 radical (unpaired) electrons. The average Bonchev–Trinajstić information content (AvgIpc) is 3.06. The van der Waals surface area contributed by atoms with E-state index < -0.39 is 0 Å². The molecule has 2 aromatic carbocycles. The number of nitrogens with zero attached hydrogens (tertiary/aromatic N) is 2. The minimum atomic E-state index is -0.317. The topological polar surface area (TPSA) is 84.0 Å². The fourth-order valence-corrected chi connectivity index (χ4v) is 4.23. The summed E-state index contributed by atoms with van der Waals surface area (Å²) >= 11 is 8.37. The lowest BCUT2D eigenvalue weighted by Gasteiger charge is -2.06. The molecule has 0 saturated carbocycles. The second kappa shape index (κ2) is 9.18. The van der Waals surface area contributed by atoms with Crippen LogP contribution in [-0.2, 0) is 4.79 Å². The number of rotatable bonds is 6. The van der Waals surface area contributed by atoms with Gasteiger partial charge < -0.3 is 5.32 Å². The standard InChI is InChI=1S/C19H17ClN4O2S2/c1-11-6-12(2)8-15(7-11)21-16(25)10-27-19-24-23-18(28-19)22-17(26)13-4-3-5-14(20)9-13/h3-9H,10H2,1-2H3,(H,21,25)(H,22,23,26). The first kappa shape index (κ1) is 20.3. The van der Waals surface area contributed by atoms with Crippen molar-refractivity contribution in [2.45, 2.75) is 18.2 Å². The van der Waals surface area contributed by atoms with Gasteiger partial charge in [0, 0.05) is 16.3 Å². The van der Waals surface area contributed by atoms with E-state index in [9.17, 15) is 9.59 Å². The highest BCUT2D eigenvalue weighted by Gasteiger charge is 2.12. The first-order valence-electron chi connectivity index (χ1n) is 8.30. The van der Waals surface area contributed by atoms with Crippen LogP contribution in [0, 0.1) is 13.8 Å². The van der Waals surface area contributed by atoms with Gasteiger partial charge in [0.2, 0.25) is 11.0 Å². The molecule has 0 saturated heterocycles. The number of benzene rings is 2. The van der Waals surface area contributed by atoms with Crippen molar-refractivity contribution in [3.05, 3.63) is 64.2 Å². The number of hydrogen-bond acceptors (Lipinski definition) is 6. The van der Waals surface area contributed by atoms with Gasteiger partial charge in [-0.15, -0.1) is 10.2 Å². The van der Waals surface area contributed by atoms with E-state index in [4.69, 9.17) is 11.6 Å². The molecule has 2 N–H and O–H groups in total. The molecule has 0 aliphatic carbocycles. The molecule has 9 heteroatoms. The van der Waals surface area contributed by atoms with E-state index in [1.807, 2.05) is 32.0 Å². The van der Waals surface area contributed by atoms with Crippen LogP contribution in [0.25, 0.3) is 0 Å². The van der Waals surface area contributed by atoms with Crippen LogP contribution in [0.4, 0.5) is 10.8 Å². The number of aromatic nitrogens is 2. The summed E-state index contributed by atoms with van der Waals surface area (Å²) in [7, 11) is 0. The van der Waals surface area contributed by atoms with Crippen LogP contribution in [-0.4, -0.2) is 27.8 Å². The molecule has 0 bridgehead atoms. The molecular weight excluding hydrogens is 416 g/mol. The Balaban J connectivity index is 1.53. The molecule has 28 heavy (non-hydrogen) atoms. The number of amides is 2. The van der Waals surface area contributed by atoms with E-state index in [0.29, 0.717) is 20.1 Å². The quantitative estimate of drug-likeness (QED) is 0.432. The van der Waals surface area contributed by atoms with Crippen molar-refractivity contribution in [3.8, 4) is 0 Å². The van der Waals surface area contributed by atoms with E-state index in [1.54, 1.807) is 24.3 Å². The van der Waals surface area contributed by atoms with Crippen LogP contribution in [0.1, 0.15) is 21.5 Å². The average molecular weight is 433 g/mol. The predicted octanol–water partition coefficient (Wildman–Crippen LogP) is 4.79. The molecule has 2 amide bonds. The SMILES string of the molecule is Cc1cc(C)cc(NC(=O)CSc2nnc(NC(=O)c3cccc(Cl)c3)s2)c1. The summed E-state index contributed by atoms with van der Waals surface area (Å²) in [5.74, 6) is -0.249. The number of thioether (sulfide) groups is 1. The van der Waals surface area contributed by atoms with Crippen LogP contribution >= 0.6 is 34.7 Å². The third-order valence-electron chi connectivity index (χ3n) is 3.55. The molecule has 1 heterocycles. The summed E-state index contributed by atoms with van der Waals surface area (Å²) in [6, 6.07) is 12.5. The normalized spacial score (nSPS) is 10.5. The fraction of sp³-hybridized carbons (Fsp3) is 0.158. The number of nitrogens with one attached hydrogen (secondary N) is 2. The zero-order valence-electron chi connectivity index (χ0n) is 15.2. The van der Waals surface area contributed by atoms with Gasteiger partial charge in [-0.3, -0.25) is 14.9 Å². The third kappa shape index (κ3) is 5.79. The maximum absolute atomic E-state index is 12.2. The number of hydrogen-bond donors (Lipinski definition) is 2. The van der Waals surface area contributed by atoms with Crippen LogP contribution < -0.4 is 10.6 Å². The van der Waals surface area contributed by atoms with Crippen LogP contribution in [0.2, 0.25) is 5.02 Å². The van der Waals surface area contributed by atoms with Gasteiger partial charge in [-0.25, -0.2) is 0 Å². The number of halogens is 1. The van der Waals surface area contributed by atoms with Gasteiger partial charge in [-0.05, 0) is 55.3 Å². The Labute approximate surface area is 175 Å². The first-order valence-corrected chi connectivity index (χ1v) is 10.5. The van der Waals surface area contributed by atoms with Crippen LogP contribution in [0.5, 0.6) is 0 Å². The predicted molar refractivity (Wildman–Crippen MR) is 115 cm³/mol. The molecule has 1 aromatic heterocycles. The zero-order valence-corrected chi connectivity index (χ0v) is 17.5. The Morgan fingerprint density at radius 2 is 1.82 bits per heavy atom. The van der Waals surface area contributed by atoms with Crippen LogP contribution in [0.15, 0.2) is 46.8 Å². The van der Waals surface area contributed by atoms with E-state index in [0.717, 1.165) is 16.8 Å². The summed E-state index contributed by atoms with van der Waals surface area (Å²) in [4.78, 5) is 24.4. The molecule has 6 nitrogen and oxygen atoms in total. The molecule has 0 atom stereocenters. The van der Waals surface area contributed by atoms with E-state index in [-0.39, 0.29) is 17.6 Å².